The van der Waals surface area contributed by atoms with Crippen LogP contribution in [0.2, 0.25) is 0 Å². The molecule has 9 heteroatoms. The fourth-order valence-corrected chi connectivity index (χ4v) is 5.21. The Kier molecular flexibility index (Phi) is 9.28. The van der Waals surface area contributed by atoms with Gasteiger partial charge in [0.2, 0.25) is 5.91 Å². The topological polar surface area (TPSA) is 88.5 Å². The quantitative estimate of drug-likeness (QED) is 0.471. The van der Waals surface area contributed by atoms with E-state index < -0.39 is 6.10 Å². The second-order valence-corrected chi connectivity index (χ2v) is 10.0. The van der Waals surface area contributed by atoms with Crippen LogP contribution in [0.25, 0.3) is 0 Å². The van der Waals surface area contributed by atoms with Crippen LogP contribution in [0.1, 0.15) is 52.4 Å². The van der Waals surface area contributed by atoms with Gasteiger partial charge in [0.05, 0.1) is 38.6 Å². The number of hydrogen-bond donors (Lipinski definition) is 1. The van der Waals surface area contributed by atoms with Crippen molar-refractivity contribution in [2.45, 2.75) is 44.9 Å². The lowest BCUT2D eigenvalue weighted by molar-refractivity contribution is -0.117. The summed E-state index contributed by atoms with van der Waals surface area (Å²) in [6.45, 7) is 7.01. The second kappa shape index (κ2) is 12.6. The molecule has 0 aliphatic carbocycles. The summed E-state index contributed by atoms with van der Waals surface area (Å²) in [5.41, 5.74) is 1.68. The van der Waals surface area contributed by atoms with Crippen molar-refractivity contribution in [2.24, 2.45) is 0 Å². The summed E-state index contributed by atoms with van der Waals surface area (Å²) in [6, 6.07) is 11.2. The molecular weight excluding hydrogens is 468 g/mol. The SMILES string of the molecule is CCC(O)c1ccc(N2C(=O)CC[C@@H]2COCc2ccc(C(=O)OCCN3CCOCC3)s2)cc1. The van der Waals surface area contributed by atoms with Crippen LogP contribution in [0.15, 0.2) is 36.4 Å². The second-order valence-electron chi connectivity index (χ2n) is 8.84. The Morgan fingerprint density at radius 3 is 2.71 bits per heavy atom. The first kappa shape index (κ1) is 25.8. The molecule has 8 nitrogen and oxygen atoms in total. The lowest BCUT2D eigenvalue weighted by Crippen LogP contribution is -2.38. The Labute approximate surface area is 210 Å². The number of ether oxygens (including phenoxy) is 3. The summed E-state index contributed by atoms with van der Waals surface area (Å²) >= 11 is 1.38. The predicted molar refractivity (Wildman–Crippen MR) is 134 cm³/mol. The normalized spacial score (nSPS) is 19.8. The molecule has 35 heavy (non-hydrogen) atoms. The number of benzene rings is 1. The van der Waals surface area contributed by atoms with Crippen molar-refractivity contribution >= 4 is 28.9 Å². The molecule has 2 saturated heterocycles. The molecule has 1 aromatic heterocycles. The first-order valence-corrected chi connectivity index (χ1v) is 13.1. The number of carbonyl (C=O) groups excluding carboxylic acids is 2. The van der Waals surface area contributed by atoms with E-state index in [0.29, 0.717) is 37.5 Å². The molecule has 2 fully saturated rings. The molecule has 3 heterocycles. The first-order valence-electron chi connectivity index (χ1n) is 12.3. The van der Waals surface area contributed by atoms with E-state index in [1.807, 2.05) is 37.3 Å². The van der Waals surface area contributed by atoms with Crippen LogP contribution in [0, 0.1) is 0 Å². The number of rotatable bonds is 11. The van der Waals surface area contributed by atoms with Crippen molar-refractivity contribution in [3.05, 3.63) is 51.7 Å². The van der Waals surface area contributed by atoms with Gasteiger partial charge in [-0.1, -0.05) is 19.1 Å². The summed E-state index contributed by atoms with van der Waals surface area (Å²) in [7, 11) is 0. The Morgan fingerprint density at radius 2 is 1.97 bits per heavy atom. The molecule has 0 saturated carbocycles. The van der Waals surface area contributed by atoms with E-state index in [9.17, 15) is 14.7 Å². The standard InChI is InChI=1S/C26H34N2O6S/c1-2-23(29)19-3-5-20(6-4-19)28-21(7-10-25(28)30)17-33-18-22-8-9-24(35-22)26(31)34-16-13-27-11-14-32-15-12-27/h3-6,8-9,21,23,29H,2,7,10-18H2,1H3/t21-,23?/m1/s1. The molecule has 1 amide bonds. The minimum atomic E-state index is -0.491. The lowest BCUT2D eigenvalue weighted by Gasteiger charge is -2.26. The van der Waals surface area contributed by atoms with Gasteiger partial charge in [0.25, 0.3) is 0 Å². The fourth-order valence-electron chi connectivity index (χ4n) is 4.37. The van der Waals surface area contributed by atoms with Crippen LogP contribution >= 0.6 is 11.3 Å². The Bertz CT molecular complexity index is 972. The van der Waals surface area contributed by atoms with Crippen molar-refractivity contribution in [3.63, 3.8) is 0 Å². The summed E-state index contributed by atoms with van der Waals surface area (Å²) in [4.78, 5) is 30.4. The zero-order chi connectivity index (χ0) is 24.6. The van der Waals surface area contributed by atoms with Crippen LogP contribution in [0.5, 0.6) is 0 Å². The molecular formula is C26H34N2O6S. The van der Waals surface area contributed by atoms with Crippen LogP contribution < -0.4 is 4.90 Å². The predicted octanol–water partition coefficient (Wildman–Crippen LogP) is 3.39. The average molecular weight is 503 g/mol. The van der Waals surface area contributed by atoms with Gasteiger partial charge < -0.3 is 24.2 Å². The highest BCUT2D eigenvalue weighted by Gasteiger charge is 2.32. The number of hydrogen-bond acceptors (Lipinski definition) is 8. The Hall–Kier alpha value is -2.30. The minimum absolute atomic E-state index is 0.0333. The van der Waals surface area contributed by atoms with Crippen LogP contribution in [0.3, 0.4) is 0 Å². The lowest BCUT2D eigenvalue weighted by atomic mass is 10.1. The molecule has 1 unspecified atom stereocenters. The highest BCUT2D eigenvalue weighted by atomic mass is 32.1. The third-order valence-corrected chi connectivity index (χ3v) is 7.47. The number of aliphatic hydroxyl groups is 1. The number of nitrogens with zero attached hydrogens (tertiary/aromatic N) is 2. The van der Waals surface area contributed by atoms with Crippen molar-refractivity contribution in [1.82, 2.24) is 4.90 Å². The maximum absolute atomic E-state index is 12.5. The maximum Gasteiger partial charge on any atom is 0.348 e. The van der Waals surface area contributed by atoms with Gasteiger partial charge in [-0.05, 0) is 42.7 Å². The van der Waals surface area contributed by atoms with Crippen LogP contribution in [-0.4, -0.2) is 74.0 Å². The van der Waals surface area contributed by atoms with E-state index in [2.05, 4.69) is 4.90 Å². The highest BCUT2D eigenvalue weighted by Crippen LogP contribution is 2.29. The number of amides is 1. The van der Waals surface area contributed by atoms with Gasteiger partial charge in [0.15, 0.2) is 0 Å². The monoisotopic (exact) mass is 502 g/mol. The first-order chi connectivity index (χ1) is 17.0. The largest absolute Gasteiger partial charge is 0.460 e. The summed E-state index contributed by atoms with van der Waals surface area (Å²) in [6.07, 6.45) is 1.39. The third kappa shape index (κ3) is 6.89. The summed E-state index contributed by atoms with van der Waals surface area (Å²) < 4.78 is 16.7. The van der Waals surface area contributed by atoms with Gasteiger partial charge in [-0.3, -0.25) is 9.69 Å². The van der Waals surface area contributed by atoms with Crippen molar-refractivity contribution < 1.29 is 28.9 Å². The number of carbonyl (C=O) groups is 2. The zero-order valence-corrected chi connectivity index (χ0v) is 21.0. The van der Waals surface area contributed by atoms with Gasteiger partial charge in [-0.2, -0.15) is 0 Å². The van der Waals surface area contributed by atoms with E-state index in [0.717, 1.165) is 55.4 Å². The van der Waals surface area contributed by atoms with E-state index in [1.54, 1.807) is 11.0 Å². The van der Waals surface area contributed by atoms with Crippen molar-refractivity contribution in [1.29, 1.82) is 0 Å². The number of esters is 1. The number of thiophene rings is 1. The van der Waals surface area contributed by atoms with Gasteiger partial charge >= 0.3 is 5.97 Å². The number of aliphatic hydroxyl groups excluding tert-OH is 1. The smallest absolute Gasteiger partial charge is 0.348 e. The number of morpholine rings is 1. The van der Waals surface area contributed by atoms with Crippen molar-refractivity contribution in [3.8, 4) is 0 Å². The molecule has 2 atom stereocenters. The van der Waals surface area contributed by atoms with E-state index >= 15 is 0 Å². The average Bonchev–Trinajstić information content (AvgIpc) is 3.51. The van der Waals surface area contributed by atoms with Gasteiger partial charge in [0, 0.05) is 36.6 Å². The van der Waals surface area contributed by atoms with E-state index in [4.69, 9.17) is 14.2 Å². The molecule has 4 rings (SSSR count). The molecule has 1 aromatic carbocycles. The Balaban J connectivity index is 1.23. The highest BCUT2D eigenvalue weighted by molar-refractivity contribution is 7.13. The van der Waals surface area contributed by atoms with Gasteiger partial charge in [-0.15, -0.1) is 11.3 Å². The van der Waals surface area contributed by atoms with E-state index in [1.165, 1.54) is 11.3 Å². The molecule has 0 spiro atoms. The molecule has 190 valence electrons. The van der Waals surface area contributed by atoms with Gasteiger partial charge in [0.1, 0.15) is 11.5 Å². The summed E-state index contributed by atoms with van der Waals surface area (Å²) in [5, 5.41) is 10.0. The van der Waals surface area contributed by atoms with Crippen LogP contribution in [0.4, 0.5) is 5.69 Å². The Morgan fingerprint density at radius 1 is 1.20 bits per heavy atom. The molecule has 0 bridgehead atoms. The molecule has 2 aromatic rings. The minimum Gasteiger partial charge on any atom is -0.460 e. The van der Waals surface area contributed by atoms with Gasteiger partial charge in [-0.25, -0.2) is 4.79 Å². The van der Waals surface area contributed by atoms with Crippen LogP contribution in [-0.2, 0) is 25.6 Å². The van der Waals surface area contributed by atoms with Crippen molar-refractivity contribution in [2.75, 3.05) is 51.0 Å². The number of anilines is 1. The summed E-state index contributed by atoms with van der Waals surface area (Å²) in [5.74, 6) is -0.223. The molecule has 0 radical (unpaired) electrons. The zero-order valence-electron chi connectivity index (χ0n) is 20.2. The fraction of sp³-hybridized carbons (Fsp3) is 0.538. The van der Waals surface area contributed by atoms with E-state index in [-0.39, 0.29) is 17.9 Å². The molecule has 2 aliphatic heterocycles. The molecule has 1 N–H and O–H groups in total. The molecule has 2 aliphatic rings. The maximum atomic E-state index is 12.5. The third-order valence-electron chi connectivity index (χ3n) is 6.43.